The molecule has 1 aliphatic rings. The van der Waals surface area contributed by atoms with E-state index in [1.165, 1.54) is 6.42 Å². The molecule has 2 rings (SSSR count). The maximum Gasteiger partial charge on any atom is 0.272 e. The third-order valence-corrected chi connectivity index (χ3v) is 3.22. The van der Waals surface area contributed by atoms with Crippen LogP contribution in [0.25, 0.3) is 0 Å². The number of hydrogen-bond acceptors (Lipinski definition) is 3. The predicted molar refractivity (Wildman–Crippen MR) is 61.9 cm³/mol. The van der Waals surface area contributed by atoms with E-state index >= 15 is 0 Å². The molecule has 1 heterocycles. The van der Waals surface area contributed by atoms with Gasteiger partial charge in [-0.15, -0.1) is 0 Å². The van der Waals surface area contributed by atoms with Gasteiger partial charge in [0, 0.05) is 25.8 Å². The smallest absolute Gasteiger partial charge is 0.272 e. The molecule has 4 heteroatoms. The van der Waals surface area contributed by atoms with Crippen LogP contribution in [0.4, 0.5) is 0 Å². The second-order valence-electron chi connectivity index (χ2n) is 4.26. The molecule has 1 amide bonds. The van der Waals surface area contributed by atoms with Gasteiger partial charge in [-0.05, 0) is 30.9 Å². The maximum atomic E-state index is 12.0. The quantitative estimate of drug-likeness (QED) is 0.830. The first-order valence-corrected chi connectivity index (χ1v) is 5.64. The predicted octanol–water partition coefficient (Wildman–Crippen LogP) is 1.16. The Morgan fingerprint density at radius 1 is 1.56 bits per heavy atom. The lowest BCUT2D eigenvalue weighted by Crippen LogP contribution is -2.41. The lowest BCUT2D eigenvalue weighted by Gasteiger charge is -2.34. The molecule has 2 N–H and O–H groups in total. The summed E-state index contributed by atoms with van der Waals surface area (Å²) in [5, 5.41) is 0. The maximum absolute atomic E-state index is 12.0. The van der Waals surface area contributed by atoms with Crippen molar-refractivity contribution in [3.8, 4) is 0 Å². The number of nitrogens with zero attached hydrogens (tertiary/aromatic N) is 2. The number of aromatic nitrogens is 1. The highest BCUT2D eigenvalue weighted by Crippen LogP contribution is 2.24. The second-order valence-corrected chi connectivity index (χ2v) is 4.26. The summed E-state index contributed by atoms with van der Waals surface area (Å²) >= 11 is 0. The summed E-state index contributed by atoms with van der Waals surface area (Å²) in [6, 6.07) is 4.01. The van der Waals surface area contributed by atoms with Gasteiger partial charge >= 0.3 is 0 Å². The van der Waals surface area contributed by atoms with Gasteiger partial charge in [-0.1, -0.05) is 6.07 Å². The van der Waals surface area contributed by atoms with Crippen LogP contribution in [0.15, 0.2) is 18.3 Å². The zero-order valence-electron chi connectivity index (χ0n) is 9.52. The Labute approximate surface area is 95.5 Å². The number of rotatable bonds is 3. The third kappa shape index (κ3) is 2.07. The third-order valence-electron chi connectivity index (χ3n) is 3.22. The van der Waals surface area contributed by atoms with E-state index in [0.717, 1.165) is 18.4 Å². The highest BCUT2D eigenvalue weighted by Gasteiger charge is 2.26. The van der Waals surface area contributed by atoms with Crippen LogP contribution in [-0.2, 0) is 6.54 Å². The van der Waals surface area contributed by atoms with Crippen molar-refractivity contribution in [2.24, 2.45) is 5.73 Å². The largest absolute Gasteiger partial charge is 0.337 e. The Morgan fingerprint density at radius 2 is 2.31 bits per heavy atom. The summed E-state index contributed by atoms with van der Waals surface area (Å²) in [6.07, 6.45) is 5.12. The van der Waals surface area contributed by atoms with Gasteiger partial charge in [0.05, 0.1) is 0 Å². The van der Waals surface area contributed by atoms with Gasteiger partial charge in [0.2, 0.25) is 0 Å². The van der Waals surface area contributed by atoms with Crippen molar-refractivity contribution in [3.05, 3.63) is 29.6 Å². The van der Waals surface area contributed by atoms with Crippen LogP contribution in [0.5, 0.6) is 0 Å². The molecule has 1 aromatic rings. The van der Waals surface area contributed by atoms with Crippen LogP contribution < -0.4 is 5.73 Å². The standard InChI is InChI=1S/C12H17N3O/c1-15(10-3-2-4-10)12(16)11-6-5-9(7-13)8-14-11/h5-6,8,10H,2-4,7,13H2,1H3. The zero-order valence-corrected chi connectivity index (χ0v) is 9.52. The molecule has 16 heavy (non-hydrogen) atoms. The number of amides is 1. The van der Waals surface area contributed by atoms with E-state index in [1.807, 2.05) is 13.1 Å². The van der Waals surface area contributed by atoms with E-state index in [9.17, 15) is 4.79 Å². The van der Waals surface area contributed by atoms with Gasteiger partial charge < -0.3 is 10.6 Å². The molecule has 0 bridgehead atoms. The average molecular weight is 219 g/mol. The van der Waals surface area contributed by atoms with E-state index in [-0.39, 0.29) is 5.91 Å². The van der Waals surface area contributed by atoms with Gasteiger partial charge in [-0.3, -0.25) is 9.78 Å². The Hall–Kier alpha value is -1.42. The van der Waals surface area contributed by atoms with Crippen LogP contribution in [-0.4, -0.2) is 28.9 Å². The van der Waals surface area contributed by atoms with Crippen molar-refractivity contribution < 1.29 is 4.79 Å². The molecule has 0 unspecified atom stereocenters. The molecule has 1 aliphatic carbocycles. The Balaban J connectivity index is 2.07. The minimum absolute atomic E-state index is 0.00766. The van der Waals surface area contributed by atoms with Crippen LogP contribution in [0, 0.1) is 0 Å². The van der Waals surface area contributed by atoms with Crippen molar-refractivity contribution in [3.63, 3.8) is 0 Å². The fourth-order valence-electron chi connectivity index (χ4n) is 1.79. The van der Waals surface area contributed by atoms with Gasteiger partial charge in [-0.2, -0.15) is 0 Å². The molecule has 0 aliphatic heterocycles. The van der Waals surface area contributed by atoms with Gasteiger partial charge in [0.15, 0.2) is 0 Å². The number of pyridine rings is 1. The van der Waals surface area contributed by atoms with Crippen molar-refractivity contribution in [2.75, 3.05) is 7.05 Å². The van der Waals surface area contributed by atoms with Crippen molar-refractivity contribution in [1.82, 2.24) is 9.88 Å². The summed E-state index contributed by atoms with van der Waals surface area (Å²) in [6.45, 7) is 0.458. The van der Waals surface area contributed by atoms with E-state index < -0.39 is 0 Å². The lowest BCUT2D eigenvalue weighted by atomic mass is 9.92. The van der Waals surface area contributed by atoms with Crippen LogP contribution in [0.2, 0.25) is 0 Å². The Morgan fingerprint density at radius 3 is 2.75 bits per heavy atom. The fraction of sp³-hybridized carbons (Fsp3) is 0.500. The minimum atomic E-state index is 0.00766. The molecule has 86 valence electrons. The van der Waals surface area contributed by atoms with Gasteiger partial charge in [0.25, 0.3) is 5.91 Å². The molecule has 0 atom stereocenters. The van der Waals surface area contributed by atoms with E-state index in [2.05, 4.69) is 4.98 Å². The van der Waals surface area contributed by atoms with E-state index in [1.54, 1.807) is 17.2 Å². The molecule has 1 fully saturated rings. The number of nitrogens with two attached hydrogens (primary N) is 1. The van der Waals surface area contributed by atoms with Crippen LogP contribution in [0.3, 0.4) is 0 Å². The summed E-state index contributed by atoms with van der Waals surface area (Å²) in [5.41, 5.74) is 6.93. The first-order chi connectivity index (χ1) is 7.72. The molecule has 0 aromatic carbocycles. The SMILES string of the molecule is CN(C(=O)c1ccc(CN)cn1)C1CCC1. The first-order valence-electron chi connectivity index (χ1n) is 5.64. The molecule has 4 nitrogen and oxygen atoms in total. The molecule has 0 saturated heterocycles. The number of hydrogen-bond donors (Lipinski definition) is 1. The molecular weight excluding hydrogens is 202 g/mol. The normalized spacial score (nSPS) is 15.6. The lowest BCUT2D eigenvalue weighted by molar-refractivity contribution is 0.0646. The van der Waals surface area contributed by atoms with Crippen molar-refractivity contribution in [2.45, 2.75) is 31.8 Å². The second kappa shape index (κ2) is 4.61. The summed E-state index contributed by atoms with van der Waals surface area (Å²) in [5.74, 6) is 0.00766. The summed E-state index contributed by atoms with van der Waals surface area (Å²) in [7, 11) is 1.85. The Kier molecular flexibility index (Phi) is 3.19. The number of carbonyl (C=O) groups excluding carboxylic acids is 1. The highest BCUT2D eigenvalue weighted by molar-refractivity contribution is 5.92. The molecule has 0 spiro atoms. The fourth-order valence-corrected chi connectivity index (χ4v) is 1.79. The first kappa shape index (κ1) is 11.1. The Bertz CT molecular complexity index is 370. The van der Waals surface area contributed by atoms with Gasteiger partial charge in [-0.25, -0.2) is 0 Å². The molecule has 1 saturated carbocycles. The van der Waals surface area contributed by atoms with Crippen molar-refractivity contribution in [1.29, 1.82) is 0 Å². The van der Waals surface area contributed by atoms with Gasteiger partial charge in [0.1, 0.15) is 5.69 Å². The molecular formula is C12H17N3O. The molecule has 1 aromatic heterocycles. The number of carbonyl (C=O) groups is 1. The van der Waals surface area contributed by atoms with Crippen LogP contribution in [0.1, 0.15) is 35.3 Å². The minimum Gasteiger partial charge on any atom is -0.337 e. The monoisotopic (exact) mass is 219 g/mol. The topological polar surface area (TPSA) is 59.2 Å². The summed E-state index contributed by atoms with van der Waals surface area (Å²) < 4.78 is 0. The zero-order chi connectivity index (χ0) is 11.5. The average Bonchev–Trinajstić information content (AvgIpc) is 2.26. The molecule has 0 radical (unpaired) electrons. The van der Waals surface area contributed by atoms with E-state index in [4.69, 9.17) is 5.73 Å². The highest BCUT2D eigenvalue weighted by atomic mass is 16.2. The van der Waals surface area contributed by atoms with E-state index in [0.29, 0.717) is 18.3 Å². The van der Waals surface area contributed by atoms with Crippen LogP contribution >= 0.6 is 0 Å². The summed E-state index contributed by atoms with van der Waals surface area (Å²) in [4.78, 5) is 18.0. The van der Waals surface area contributed by atoms with Crippen molar-refractivity contribution >= 4 is 5.91 Å².